The molecule has 0 aliphatic heterocycles. The molecule has 96 valence electrons. The minimum absolute atomic E-state index is 0.386. The van der Waals surface area contributed by atoms with Gasteiger partial charge in [-0.1, -0.05) is 19.1 Å². The normalized spacial score (nSPS) is 12.4. The number of benzene rings is 1. The molecule has 0 saturated carbocycles. The van der Waals surface area contributed by atoms with E-state index in [0.717, 1.165) is 27.6 Å². The van der Waals surface area contributed by atoms with Gasteiger partial charge in [-0.25, -0.2) is 4.98 Å². The van der Waals surface area contributed by atoms with E-state index in [-0.39, 0.29) is 6.10 Å². The summed E-state index contributed by atoms with van der Waals surface area (Å²) in [5, 5.41) is 10.7. The maximum Gasteiger partial charge on any atom is 0.124 e. The molecule has 1 unspecified atom stereocenters. The lowest BCUT2D eigenvalue weighted by Crippen LogP contribution is -1.96. The molecule has 4 heteroatoms. The van der Waals surface area contributed by atoms with E-state index >= 15 is 0 Å². The van der Waals surface area contributed by atoms with Gasteiger partial charge >= 0.3 is 0 Å². The molecule has 18 heavy (non-hydrogen) atoms. The number of nitrogens with zero attached hydrogens (tertiary/aromatic N) is 1. The molecule has 1 aromatic heterocycles. The van der Waals surface area contributed by atoms with E-state index in [0.29, 0.717) is 6.61 Å². The Kier molecular flexibility index (Phi) is 4.33. The Morgan fingerprint density at radius 1 is 1.33 bits per heavy atom. The van der Waals surface area contributed by atoms with Gasteiger partial charge < -0.3 is 9.84 Å². The Bertz CT molecular complexity index is 493. The molecule has 0 fully saturated rings. The van der Waals surface area contributed by atoms with Crippen molar-refractivity contribution in [3.05, 3.63) is 45.9 Å². The molecule has 1 heterocycles. The summed E-state index contributed by atoms with van der Waals surface area (Å²) in [6.07, 6.45) is 2.18. The fourth-order valence-corrected chi connectivity index (χ4v) is 2.36. The molecule has 0 saturated heterocycles. The van der Waals surface area contributed by atoms with Crippen LogP contribution < -0.4 is 4.74 Å². The maximum absolute atomic E-state index is 9.68. The third kappa shape index (κ3) is 3.31. The Morgan fingerprint density at radius 2 is 2.06 bits per heavy atom. The SMILES string of the molecule is CCC(O)c1ccc(OCc2cnc(C)s2)cc1. The topological polar surface area (TPSA) is 42.4 Å². The first-order chi connectivity index (χ1) is 8.69. The molecule has 1 atom stereocenters. The molecule has 0 amide bonds. The third-order valence-electron chi connectivity index (χ3n) is 2.70. The van der Waals surface area contributed by atoms with Crippen LogP contribution in [0.15, 0.2) is 30.5 Å². The van der Waals surface area contributed by atoms with Gasteiger partial charge in [0.1, 0.15) is 12.4 Å². The van der Waals surface area contributed by atoms with Crippen molar-refractivity contribution in [1.82, 2.24) is 4.98 Å². The number of aryl methyl sites for hydroxylation is 1. The average molecular weight is 263 g/mol. The van der Waals surface area contributed by atoms with Crippen LogP contribution in [0.5, 0.6) is 5.75 Å². The Balaban J connectivity index is 1.94. The predicted octanol–water partition coefficient (Wildman–Crippen LogP) is 3.47. The summed E-state index contributed by atoms with van der Waals surface area (Å²) in [5.41, 5.74) is 0.929. The van der Waals surface area contributed by atoms with Crippen molar-refractivity contribution < 1.29 is 9.84 Å². The maximum atomic E-state index is 9.68. The van der Waals surface area contributed by atoms with E-state index < -0.39 is 0 Å². The number of hydrogen-bond donors (Lipinski definition) is 1. The smallest absolute Gasteiger partial charge is 0.124 e. The number of aliphatic hydroxyl groups is 1. The van der Waals surface area contributed by atoms with Crippen LogP contribution in [0.3, 0.4) is 0 Å². The minimum Gasteiger partial charge on any atom is -0.488 e. The molecule has 0 aliphatic carbocycles. The first-order valence-electron chi connectivity index (χ1n) is 6.01. The monoisotopic (exact) mass is 263 g/mol. The summed E-state index contributed by atoms with van der Waals surface area (Å²) in [6, 6.07) is 7.59. The molecule has 0 bridgehead atoms. The summed E-state index contributed by atoms with van der Waals surface area (Å²) >= 11 is 1.64. The van der Waals surface area contributed by atoms with Crippen LogP contribution >= 0.6 is 11.3 Å². The first kappa shape index (κ1) is 13.1. The van der Waals surface area contributed by atoms with E-state index in [1.165, 1.54) is 0 Å². The highest BCUT2D eigenvalue weighted by molar-refractivity contribution is 7.11. The summed E-state index contributed by atoms with van der Waals surface area (Å²) in [5.74, 6) is 0.813. The lowest BCUT2D eigenvalue weighted by molar-refractivity contribution is 0.173. The summed E-state index contributed by atoms with van der Waals surface area (Å²) < 4.78 is 5.66. The molecular formula is C14H17NO2S. The van der Waals surface area contributed by atoms with Crippen LogP contribution in [0.25, 0.3) is 0 Å². The largest absolute Gasteiger partial charge is 0.488 e. The number of rotatable bonds is 5. The van der Waals surface area contributed by atoms with Gasteiger partial charge in [-0.3, -0.25) is 0 Å². The van der Waals surface area contributed by atoms with E-state index in [1.807, 2.05) is 44.3 Å². The number of hydrogen-bond acceptors (Lipinski definition) is 4. The van der Waals surface area contributed by atoms with Crippen molar-refractivity contribution in [1.29, 1.82) is 0 Å². The summed E-state index contributed by atoms with van der Waals surface area (Å²) in [6.45, 7) is 4.48. The summed E-state index contributed by atoms with van der Waals surface area (Å²) in [7, 11) is 0. The van der Waals surface area contributed by atoms with E-state index in [2.05, 4.69) is 4.98 Å². The molecule has 1 N–H and O–H groups in total. The Morgan fingerprint density at radius 3 is 2.61 bits per heavy atom. The van der Waals surface area contributed by atoms with Crippen molar-refractivity contribution >= 4 is 11.3 Å². The van der Waals surface area contributed by atoms with Crippen molar-refractivity contribution in [2.45, 2.75) is 33.0 Å². The number of ether oxygens (including phenoxy) is 1. The molecule has 2 rings (SSSR count). The second-order valence-corrected chi connectivity index (χ2v) is 5.45. The van der Waals surface area contributed by atoms with Crippen LogP contribution in [-0.2, 0) is 6.61 Å². The molecule has 1 aromatic carbocycles. The van der Waals surface area contributed by atoms with Crippen LogP contribution in [0, 0.1) is 6.92 Å². The van der Waals surface area contributed by atoms with Gasteiger partial charge in [-0.2, -0.15) is 0 Å². The molecule has 0 aliphatic rings. The molecule has 2 aromatic rings. The average Bonchev–Trinajstić information content (AvgIpc) is 2.82. The summed E-state index contributed by atoms with van der Waals surface area (Å²) in [4.78, 5) is 5.30. The lowest BCUT2D eigenvalue weighted by atomic mass is 10.1. The zero-order chi connectivity index (χ0) is 13.0. The molecule has 0 spiro atoms. The molecular weight excluding hydrogens is 246 g/mol. The van der Waals surface area contributed by atoms with Crippen LogP contribution in [-0.4, -0.2) is 10.1 Å². The predicted molar refractivity (Wildman–Crippen MR) is 72.9 cm³/mol. The van der Waals surface area contributed by atoms with E-state index in [9.17, 15) is 5.11 Å². The number of aliphatic hydroxyl groups excluding tert-OH is 1. The van der Waals surface area contributed by atoms with E-state index in [4.69, 9.17) is 4.74 Å². The van der Waals surface area contributed by atoms with Gasteiger partial charge in [0.15, 0.2) is 0 Å². The highest BCUT2D eigenvalue weighted by Gasteiger charge is 2.05. The molecule has 3 nitrogen and oxygen atoms in total. The standard InChI is InChI=1S/C14H17NO2S/c1-3-14(16)11-4-6-12(7-5-11)17-9-13-8-15-10(2)18-13/h4-8,14,16H,3,9H2,1-2H3. The van der Waals surface area contributed by atoms with Crippen molar-refractivity contribution in [3.63, 3.8) is 0 Å². The number of thiazole rings is 1. The van der Waals surface area contributed by atoms with Gasteiger partial charge in [0.2, 0.25) is 0 Å². The highest BCUT2D eigenvalue weighted by Crippen LogP contribution is 2.21. The van der Waals surface area contributed by atoms with E-state index in [1.54, 1.807) is 11.3 Å². The van der Waals surface area contributed by atoms with Gasteiger partial charge in [0.25, 0.3) is 0 Å². The van der Waals surface area contributed by atoms with Gasteiger partial charge in [0.05, 0.1) is 16.0 Å². The zero-order valence-electron chi connectivity index (χ0n) is 10.6. The fourth-order valence-electron chi connectivity index (χ4n) is 1.65. The van der Waals surface area contributed by atoms with Gasteiger partial charge in [0, 0.05) is 6.20 Å². The van der Waals surface area contributed by atoms with Crippen molar-refractivity contribution in [2.24, 2.45) is 0 Å². The quantitative estimate of drug-likeness (QED) is 0.898. The minimum atomic E-state index is -0.386. The molecule has 0 radical (unpaired) electrons. The Hall–Kier alpha value is -1.39. The fraction of sp³-hybridized carbons (Fsp3) is 0.357. The zero-order valence-corrected chi connectivity index (χ0v) is 11.4. The van der Waals surface area contributed by atoms with Crippen molar-refractivity contribution in [3.8, 4) is 5.75 Å². The highest BCUT2D eigenvalue weighted by atomic mass is 32.1. The second-order valence-electron chi connectivity index (χ2n) is 4.13. The van der Waals surface area contributed by atoms with Gasteiger partial charge in [-0.05, 0) is 31.0 Å². The lowest BCUT2D eigenvalue weighted by Gasteiger charge is -2.09. The third-order valence-corrected chi connectivity index (χ3v) is 3.59. The Labute approximate surface area is 111 Å². The van der Waals surface area contributed by atoms with Gasteiger partial charge in [-0.15, -0.1) is 11.3 Å². The number of aromatic nitrogens is 1. The van der Waals surface area contributed by atoms with Crippen LogP contribution in [0.4, 0.5) is 0 Å². The van der Waals surface area contributed by atoms with Crippen molar-refractivity contribution in [2.75, 3.05) is 0 Å². The van der Waals surface area contributed by atoms with Crippen LogP contribution in [0.2, 0.25) is 0 Å². The first-order valence-corrected chi connectivity index (χ1v) is 6.83. The second kappa shape index (κ2) is 5.98. The van der Waals surface area contributed by atoms with Crippen LogP contribution in [0.1, 0.15) is 34.9 Å².